The summed E-state index contributed by atoms with van der Waals surface area (Å²) in [6.07, 6.45) is 0. The van der Waals surface area contributed by atoms with Gasteiger partial charge in [-0.05, 0) is 51.7 Å². The van der Waals surface area contributed by atoms with Gasteiger partial charge in [-0.2, -0.15) is 0 Å². The molecule has 25 heavy (non-hydrogen) atoms. The Kier molecular flexibility index (Phi) is 6.26. The second kappa shape index (κ2) is 8.84. The van der Waals surface area contributed by atoms with Crippen molar-refractivity contribution in [2.24, 2.45) is 0 Å². The van der Waals surface area contributed by atoms with E-state index in [1.807, 2.05) is 24.3 Å². The number of aryl methyl sites for hydroxylation is 1. The van der Waals surface area contributed by atoms with Gasteiger partial charge in [-0.15, -0.1) is 0 Å². The van der Waals surface area contributed by atoms with E-state index in [4.69, 9.17) is 4.74 Å². The summed E-state index contributed by atoms with van der Waals surface area (Å²) < 4.78 is 6.88. The molecule has 0 aliphatic heterocycles. The van der Waals surface area contributed by atoms with Crippen LogP contribution < -0.4 is 10.1 Å². The number of hydrogen-bond donors (Lipinski definition) is 1. The lowest BCUT2D eigenvalue weighted by atomic mass is 10.1. The van der Waals surface area contributed by atoms with Crippen LogP contribution in [0, 0.1) is 6.92 Å². The van der Waals surface area contributed by atoms with Gasteiger partial charge < -0.3 is 10.1 Å². The molecule has 0 spiro atoms. The van der Waals surface area contributed by atoms with E-state index in [9.17, 15) is 0 Å². The quantitative estimate of drug-likeness (QED) is 0.559. The monoisotopic (exact) mass is 395 g/mol. The van der Waals surface area contributed by atoms with Crippen molar-refractivity contribution in [3.05, 3.63) is 99.5 Å². The molecule has 0 aromatic heterocycles. The van der Waals surface area contributed by atoms with Crippen molar-refractivity contribution in [1.29, 1.82) is 0 Å². The van der Waals surface area contributed by atoms with Crippen LogP contribution in [-0.4, -0.2) is 0 Å². The third-order valence-corrected chi connectivity index (χ3v) is 4.63. The predicted molar refractivity (Wildman–Crippen MR) is 107 cm³/mol. The summed E-state index contributed by atoms with van der Waals surface area (Å²) in [6, 6.07) is 25.1. The molecule has 0 bridgehead atoms. The second-order valence-corrected chi connectivity index (χ2v) is 6.98. The lowest BCUT2D eigenvalue weighted by molar-refractivity contribution is 0.304. The van der Waals surface area contributed by atoms with Crippen molar-refractivity contribution < 1.29 is 4.74 Å². The van der Waals surface area contributed by atoms with Gasteiger partial charge in [0.2, 0.25) is 0 Å². The molecule has 0 heterocycles. The molecule has 2 nitrogen and oxygen atoms in total. The first kappa shape index (κ1) is 17.7. The predicted octanol–water partition coefficient (Wildman–Crippen LogP) is 5.63. The molecule has 1 N–H and O–H groups in total. The maximum absolute atomic E-state index is 5.90. The summed E-state index contributed by atoms with van der Waals surface area (Å²) in [4.78, 5) is 0. The average molecular weight is 396 g/mol. The highest BCUT2D eigenvalue weighted by molar-refractivity contribution is 9.10. The summed E-state index contributed by atoms with van der Waals surface area (Å²) in [5.74, 6) is 0.867. The van der Waals surface area contributed by atoms with Gasteiger partial charge in [0.15, 0.2) is 0 Å². The van der Waals surface area contributed by atoms with Gasteiger partial charge >= 0.3 is 0 Å². The largest absolute Gasteiger partial charge is 0.488 e. The Balaban J connectivity index is 1.51. The number of nitrogens with one attached hydrogen (secondary N) is 1. The molecule has 0 radical (unpaired) electrons. The zero-order chi connectivity index (χ0) is 17.5. The number of ether oxygens (including phenoxy) is 1. The normalized spacial score (nSPS) is 10.6. The fourth-order valence-corrected chi connectivity index (χ4v) is 3.10. The first-order valence-electron chi connectivity index (χ1n) is 8.42. The average Bonchev–Trinajstić information content (AvgIpc) is 2.63. The van der Waals surface area contributed by atoms with E-state index < -0.39 is 0 Å². The lowest BCUT2D eigenvalue weighted by Crippen LogP contribution is -2.12. The first-order chi connectivity index (χ1) is 12.2. The van der Waals surface area contributed by atoms with Gasteiger partial charge in [0.1, 0.15) is 12.4 Å². The van der Waals surface area contributed by atoms with E-state index in [1.54, 1.807) is 0 Å². The summed E-state index contributed by atoms with van der Waals surface area (Å²) in [7, 11) is 0. The summed E-state index contributed by atoms with van der Waals surface area (Å²) >= 11 is 3.61. The lowest BCUT2D eigenvalue weighted by Gasteiger charge is -2.11. The third kappa shape index (κ3) is 5.45. The van der Waals surface area contributed by atoms with E-state index in [1.165, 1.54) is 22.3 Å². The third-order valence-electron chi connectivity index (χ3n) is 4.01. The fraction of sp³-hybridized carbons (Fsp3) is 0.182. The van der Waals surface area contributed by atoms with Crippen molar-refractivity contribution in [1.82, 2.24) is 5.32 Å². The minimum atomic E-state index is 0.574. The molecule has 0 saturated carbocycles. The van der Waals surface area contributed by atoms with Crippen molar-refractivity contribution >= 4 is 15.9 Å². The van der Waals surface area contributed by atoms with E-state index in [2.05, 4.69) is 76.7 Å². The molecule has 0 unspecified atom stereocenters. The van der Waals surface area contributed by atoms with Crippen LogP contribution in [0.15, 0.2) is 77.3 Å². The molecule has 0 atom stereocenters. The molecule has 0 fully saturated rings. The minimum absolute atomic E-state index is 0.574. The molecule has 3 aromatic rings. The fourth-order valence-electron chi connectivity index (χ4n) is 2.56. The molecule has 0 saturated heterocycles. The molecule has 128 valence electrons. The van der Waals surface area contributed by atoms with E-state index in [-0.39, 0.29) is 0 Å². The van der Waals surface area contributed by atoms with Crippen LogP contribution >= 0.6 is 15.9 Å². The van der Waals surface area contributed by atoms with Crippen LogP contribution in [0.2, 0.25) is 0 Å². The van der Waals surface area contributed by atoms with Crippen LogP contribution in [0.25, 0.3) is 0 Å². The summed E-state index contributed by atoms with van der Waals surface area (Å²) in [5.41, 5.74) is 4.98. The van der Waals surface area contributed by atoms with Gasteiger partial charge in [0.25, 0.3) is 0 Å². The highest BCUT2D eigenvalue weighted by Crippen LogP contribution is 2.27. The van der Waals surface area contributed by atoms with Crippen LogP contribution in [0.3, 0.4) is 0 Å². The molecular weight excluding hydrogens is 374 g/mol. The van der Waals surface area contributed by atoms with Gasteiger partial charge in [0, 0.05) is 13.1 Å². The van der Waals surface area contributed by atoms with Crippen LogP contribution in [0.5, 0.6) is 5.75 Å². The first-order valence-corrected chi connectivity index (χ1v) is 9.21. The minimum Gasteiger partial charge on any atom is -0.488 e. The zero-order valence-electron chi connectivity index (χ0n) is 14.3. The highest BCUT2D eigenvalue weighted by Gasteiger charge is 2.04. The van der Waals surface area contributed by atoms with E-state index in [0.717, 1.165) is 23.3 Å². The summed E-state index contributed by atoms with van der Waals surface area (Å²) in [5, 5.41) is 3.48. The molecule has 0 aliphatic carbocycles. The highest BCUT2D eigenvalue weighted by atomic mass is 79.9. The summed E-state index contributed by atoms with van der Waals surface area (Å²) in [6.45, 7) is 4.37. The van der Waals surface area contributed by atoms with Gasteiger partial charge in [-0.1, -0.05) is 66.2 Å². The van der Waals surface area contributed by atoms with Gasteiger partial charge in [0.05, 0.1) is 4.47 Å². The van der Waals surface area contributed by atoms with E-state index in [0.29, 0.717) is 6.61 Å². The molecular formula is C22H22BrNO. The topological polar surface area (TPSA) is 21.3 Å². The van der Waals surface area contributed by atoms with Crippen LogP contribution in [-0.2, 0) is 19.7 Å². The number of halogens is 1. The van der Waals surface area contributed by atoms with Crippen molar-refractivity contribution in [2.45, 2.75) is 26.6 Å². The molecule has 0 aliphatic rings. The molecule has 3 heteroatoms. The maximum Gasteiger partial charge on any atom is 0.134 e. The van der Waals surface area contributed by atoms with Crippen LogP contribution in [0.1, 0.15) is 22.3 Å². The standard InChI is InChI=1S/C22H22BrNO/c1-17-7-9-18(10-8-17)14-24-15-20-11-12-22(21(23)13-20)25-16-19-5-3-2-4-6-19/h2-13,24H,14-16H2,1H3. The Hall–Kier alpha value is -2.10. The SMILES string of the molecule is Cc1ccc(CNCc2ccc(OCc3ccccc3)c(Br)c2)cc1. The maximum atomic E-state index is 5.90. The number of rotatable bonds is 7. The molecule has 3 aromatic carbocycles. The Morgan fingerprint density at radius 2 is 1.48 bits per heavy atom. The Labute approximate surface area is 158 Å². The van der Waals surface area contributed by atoms with Crippen LogP contribution in [0.4, 0.5) is 0 Å². The van der Waals surface area contributed by atoms with Crippen molar-refractivity contribution in [3.8, 4) is 5.75 Å². The number of benzene rings is 3. The van der Waals surface area contributed by atoms with Crippen molar-refractivity contribution in [2.75, 3.05) is 0 Å². The van der Waals surface area contributed by atoms with Gasteiger partial charge in [-0.25, -0.2) is 0 Å². The smallest absolute Gasteiger partial charge is 0.134 e. The van der Waals surface area contributed by atoms with E-state index >= 15 is 0 Å². The Morgan fingerprint density at radius 1 is 0.800 bits per heavy atom. The zero-order valence-corrected chi connectivity index (χ0v) is 15.9. The van der Waals surface area contributed by atoms with Gasteiger partial charge in [-0.3, -0.25) is 0 Å². The Morgan fingerprint density at radius 3 is 2.20 bits per heavy atom. The molecule has 0 amide bonds. The van der Waals surface area contributed by atoms with Crippen molar-refractivity contribution in [3.63, 3.8) is 0 Å². The number of hydrogen-bond acceptors (Lipinski definition) is 2. The second-order valence-electron chi connectivity index (χ2n) is 6.13. The molecule has 3 rings (SSSR count). The Bertz CT molecular complexity index is 800.